The molecule has 11 aromatic carbocycles. The van der Waals surface area contributed by atoms with E-state index in [-0.39, 0.29) is 0 Å². The van der Waals surface area contributed by atoms with Gasteiger partial charge in [-0.05, 0) is 104 Å². The number of furan rings is 1. The molecule has 0 amide bonds. The van der Waals surface area contributed by atoms with Crippen molar-refractivity contribution in [3.8, 4) is 27.9 Å². The predicted molar refractivity (Wildman–Crippen MR) is 271 cm³/mol. The average Bonchev–Trinajstić information content (AvgIpc) is 3.93. The van der Waals surface area contributed by atoms with Crippen LogP contribution in [0.25, 0.3) is 104 Å². The topological polar surface area (TPSA) is 35.1 Å². The number of aromatic nitrogens is 1. The SMILES string of the molecule is O=P(c1ccccc1)(c1ccccc1)c1ccc2c(c1)c1cc(-c3ccc(-c4cc5ccccc5c5c4oc4ccc6ccccc6c45)c4ccccc34)ccc1n2-c1ccccc1. The van der Waals surface area contributed by atoms with Crippen LogP contribution in [0.2, 0.25) is 0 Å². The van der Waals surface area contributed by atoms with Crippen molar-refractivity contribution in [3.63, 3.8) is 0 Å². The molecule has 0 fully saturated rings. The van der Waals surface area contributed by atoms with Crippen molar-refractivity contribution in [2.24, 2.45) is 0 Å². The quantitative estimate of drug-likeness (QED) is 0.156. The highest BCUT2D eigenvalue weighted by Gasteiger charge is 2.31. The second-order valence-corrected chi connectivity index (χ2v) is 19.5. The summed E-state index contributed by atoms with van der Waals surface area (Å²) < 4.78 is 25.0. The smallest absolute Gasteiger partial charge is 0.171 e. The number of rotatable bonds is 6. The largest absolute Gasteiger partial charge is 0.455 e. The Morgan fingerprint density at radius 1 is 0.359 bits per heavy atom. The van der Waals surface area contributed by atoms with Gasteiger partial charge in [-0.15, -0.1) is 0 Å². The van der Waals surface area contributed by atoms with Crippen LogP contribution in [0.15, 0.2) is 235 Å². The Balaban J connectivity index is 1.04. The van der Waals surface area contributed by atoms with E-state index in [0.29, 0.717) is 0 Å². The molecule has 64 heavy (non-hydrogen) atoms. The van der Waals surface area contributed by atoms with Crippen LogP contribution >= 0.6 is 7.14 Å². The molecular formula is C60H38NO2P. The molecule has 0 saturated carbocycles. The molecule has 0 atom stereocenters. The first-order chi connectivity index (χ1) is 31.6. The molecule has 2 aromatic heterocycles. The summed E-state index contributed by atoms with van der Waals surface area (Å²) >= 11 is 0. The van der Waals surface area contributed by atoms with Crippen molar-refractivity contribution in [3.05, 3.63) is 231 Å². The minimum absolute atomic E-state index is 0.810. The number of nitrogens with zero attached hydrogens (tertiary/aromatic N) is 1. The van der Waals surface area contributed by atoms with Crippen molar-refractivity contribution < 1.29 is 8.98 Å². The number of fused-ring (bicyclic) bond motifs is 11. The van der Waals surface area contributed by atoms with Crippen LogP contribution < -0.4 is 15.9 Å². The van der Waals surface area contributed by atoms with Gasteiger partial charge >= 0.3 is 0 Å². The van der Waals surface area contributed by atoms with Crippen molar-refractivity contribution in [1.29, 1.82) is 0 Å². The summed E-state index contributed by atoms with van der Waals surface area (Å²) in [6.07, 6.45) is 0. The summed E-state index contributed by atoms with van der Waals surface area (Å²) in [5, 5.41) is 14.0. The van der Waals surface area contributed by atoms with Crippen molar-refractivity contribution in [1.82, 2.24) is 4.57 Å². The zero-order chi connectivity index (χ0) is 42.4. The molecule has 2 heterocycles. The third-order valence-corrected chi connectivity index (χ3v) is 16.3. The first-order valence-corrected chi connectivity index (χ1v) is 23.5. The first-order valence-electron chi connectivity index (χ1n) is 21.8. The molecule has 4 heteroatoms. The van der Waals surface area contributed by atoms with E-state index in [1.165, 1.54) is 21.5 Å². The van der Waals surface area contributed by atoms with Crippen LogP contribution in [0, 0.1) is 0 Å². The average molecular weight is 836 g/mol. The molecule has 0 spiro atoms. The molecule has 0 bridgehead atoms. The summed E-state index contributed by atoms with van der Waals surface area (Å²) in [6, 6.07) is 80.8. The molecule has 0 N–H and O–H groups in total. The third-order valence-electron chi connectivity index (χ3n) is 13.2. The van der Waals surface area contributed by atoms with E-state index in [0.717, 1.165) is 98.4 Å². The minimum Gasteiger partial charge on any atom is -0.455 e. The molecule has 13 rings (SSSR count). The van der Waals surface area contributed by atoms with Gasteiger partial charge < -0.3 is 13.5 Å². The molecule has 3 nitrogen and oxygen atoms in total. The minimum atomic E-state index is -3.23. The van der Waals surface area contributed by atoms with Crippen LogP contribution in [0.3, 0.4) is 0 Å². The highest BCUT2D eigenvalue weighted by molar-refractivity contribution is 7.85. The van der Waals surface area contributed by atoms with Crippen LogP contribution in [0.4, 0.5) is 0 Å². The molecule has 0 radical (unpaired) electrons. The van der Waals surface area contributed by atoms with Crippen LogP contribution in [0.5, 0.6) is 0 Å². The molecule has 0 saturated heterocycles. The molecule has 0 aliphatic rings. The highest BCUT2D eigenvalue weighted by atomic mass is 31.2. The molecule has 300 valence electrons. The Labute approximate surface area is 369 Å². The highest BCUT2D eigenvalue weighted by Crippen LogP contribution is 2.47. The van der Waals surface area contributed by atoms with E-state index in [9.17, 15) is 0 Å². The molecular weight excluding hydrogens is 798 g/mol. The lowest BCUT2D eigenvalue weighted by Gasteiger charge is -2.20. The fraction of sp³-hybridized carbons (Fsp3) is 0. The molecule has 0 aliphatic heterocycles. The summed E-state index contributed by atoms with van der Waals surface area (Å²) in [5.74, 6) is 0. The Kier molecular flexibility index (Phi) is 8.19. The van der Waals surface area contributed by atoms with Crippen LogP contribution in [-0.4, -0.2) is 4.57 Å². The Bertz CT molecular complexity index is 3990. The van der Waals surface area contributed by atoms with Crippen LogP contribution in [-0.2, 0) is 4.57 Å². The van der Waals surface area contributed by atoms with Gasteiger partial charge in [-0.25, -0.2) is 0 Å². The zero-order valence-electron chi connectivity index (χ0n) is 34.7. The lowest BCUT2D eigenvalue weighted by molar-refractivity contribution is 0.592. The Morgan fingerprint density at radius 2 is 0.906 bits per heavy atom. The predicted octanol–water partition coefficient (Wildman–Crippen LogP) is 15.1. The molecule has 13 aromatic rings. The Morgan fingerprint density at radius 3 is 1.61 bits per heavy atom. The fourth-order valence-electron chi connectivity index (χ4n) is 10.3. The van der Waals surface area contributed by atoms with E-state index in [1.807, 2.05) is 60.7 Å². The summed E-state index contributed by atoms with van der Waals surface area (Å²) in [5.41, 5.74) is 9.48. The second kappa shape index (κ2) is 14.3. The summed E-state index contributed by atoms with van der Waals surface area (Å²) in [7, 11) is -3.23. The standard InChI is InChI=1S/C60H38NO2P/c62-64(43-20-6-2-7-21-43,44-22-8-3-9-23-44)45-30-34-56-53(38-45)52-36-41(28-33-55(52)61(56)42-18-4-1-5-19-42)46-31-32-51(50-27-15-14-26-49(46)50)54-37-40-17-11-13-25-48(40)59-58-47-24-12-10-16-39(47)29-35-57(58)63-60(54)59/h1-38H. The van der Waals surface area contributed by atoms with E-state index in [4.69, 9.17) is 4.42 Å². The van der Waals surface area contributed by atoms with Crippen molar-refractivity contribution >= 4 is 99.1 Å². The number of hydrogen-bond donors (Lipinski definition) is 0. The van der Waals surface area contributed by atoms with Gasteiger partial charge in [0.25, 0.3) is 0 Å². The molecule has 0 unspecified atom stereocenters. The van der Waals surface area contributed by atoms with Gasteiger partial charge in [-0.1, -0.05) is 176 Å². The maximum Gasteiger partial charge on any atom is 0.171 e. The van der Waals surface area contributed by atoms with Crippen LogP contribution in [0.1, 0.15) is 0 Å². The lowest BCUT2D eigenvalue weighted by Crippen LogP contribution is -2.24. The van der Waals surface area contributed by atoms with Gasteiger partial charge in [0.2, 0.25) is 0 Å². The monoisotopic (exact) mass is 835 g/mol. The van der Waals surface area contributed by atoms with Gasteiger partial charge in [-0.3, -0.25) is 0 Å². The van der Waals surface area contributed by atoms with E-state index >= 15 is 4.57 Å². The summed E-state index contributed by atoms with van der Waals surface area (Å²) in [4.78, 5) is 0. The maximum absolute atomic E-state index is 15.7. The third kappa shape index (κ3) is 5.45. The number of benzene rings is 11. The lowest BCUT2D eigenvalue weighted by atomic mass is 9.89. The van der Waals surface area contributed by atoms with Crippen molar-refractivity contribution in [2.75, 3.05) is 0 Å². The first kappa shape index (κ1) is 36.7. The fourth-order valence-corrected chi connectivity index (χ4v) is 13.0. The zero-order valence-corrected chi connectivity index (χ0v) is 35.5. The second-order valence-electron chi connectivity index (χ2n) is 16.7. The van der Waals surface area contributed by atoms with E-state index in [1.54, 1.807) is 0 Å². The van der Waals surface area contributed by atoms with Gasteiger partial charge in [0.05, 0.1) is 11.0 Å². The Hall–Kier alpha value is -7.97. The van der Waals surface area contributed by atoms with Gasteiger partial charge in [-0.2, -0.15) is 0 Å². The van der Waals surface area contributed by atoms with E-state index < -0.39 is 7.14 Å². The number of hydrogen-bond acceptors (Lipinski definition) is 2. The van der Waals surface area contributed by atoms with Gasteiger partial charge in [0, 0.05) is 48.7 Å². The maximum atomic E-state index is 15.7. The molecule has 0 aliphatic carbocycles. The van der Waals surface area contributed by atoms with Gasteiger partial charge in [0.1, 0.15) is 11.2 Å². The van der Waals surface area contributed by atoms with E-state index in [2.05, 4.69) is 174 Å². The normalized spacial score (nSPS) is 12.1. The number of para-hydroxylation sites is 1. The van der Waals surface area contributed by atoms with Gasteiger partial charge in [0.15, 0.2) is 7.14 Å². The van der Waals surface area contributed by atoms with Crippen molar-refractivity contribution in [2.45, 2.75) is 0 Å². The summed E-state index contributed by atoms with van der Waals surface area (Å²) in [6.45, 7) is 0.